The number of rotatable bonds is 5. The van der Waals surface area contributed by atoms with Gasteiger partial charge in [-0.3, -0.25) is 4.79 Å². The second-order valence-corrected chi connectivity index (χ2v) is 4.89. The predicted molar refractivity (Wildman–Crippen MR) is 84.4 cm³/mol. The van der Waals surface area contributed by atoms with E-state index in [1.807, 2.05) is 0 Å². The van der Waals surface area contributed by atoms with Gasteiger partial charge in [0.1, 0.15) is 0 Å². The number of alkyl halides is 3. The van der Waals surface area contributed by atoms with Crippen molar-refractivity contribution in [2.24, 2.45) is 0 Å². The van der Waals surface area contributed by atoms with Crippen LogP contribution in [-0.2, 0) is 6.18 Å². The van der Waals surface area contributed by atoms with Gasteiger partial charge in [-0.2, -0.15) is 13.2 Å². The van der Waals surface area contributed by atoms with Crippen molar-refractivity contribution in [3.63, 3.8) is 0 Å². The Labute approximate surface area is 137 Å². The summed E-state index contributed by atoms with van der Waals surface area (Å²) in [6, 6.07) is 9.21. The molecule has 0 unspecified atom stereocenters. The Morgan fingerprint density at radius 1 is 0.958 bits per heavy atom. The summed E-state index contributed by atoms with van der Waals surface area (Å²) in [4.78, 5) is 12.0. The van der Waals surface area contributed by atoms with Crippen LogP contribution in [0.25, 0.3) is 6.08 Å². The number of methoxy groups -OCH3 is 2. The van der Waals surface area contributed by atoms with Crippen molar-refractivity contribution in [2.75, 3.05) is 14.2 Å². The van der Waals surface area contributed by atoms with E-state index in [2.05, 4.69) is 0 Å². The molecule has 0 N–H and O–H groups in total. The van der Waals surface area contributed by atoms with Crippen LogP contribution in [0.3, 0.4) is 0 Å². The molecule has 2 aromatic rings. The molecule has 0 aromatic heterocycles. The SMILES string of the molecule is COc1ccc(/C=C/C(=O)c2ccc(C(F)(F)F)cc2)cc1OC. The van der Waals surface area contributed by atoms with E-state index >= 15 is 0 Å². The summed E-state index contributed by atoms with van der Waals surface area (Å²) in [7, 11) is 3.01. The lowest BCUT2D eigenvalue weighted by atomic mass is 10.1. The van der Waals surface area contributed by atoms with Gasteiger partial charge in [-0.25, -0.2) is 0 Å². The molecule has 2 rings (SSSR count). The standard InChI is InChI=1S/C18H15F3O3/c1-23-16-10-4-12(11-17(16)24-2)3-9-15(22)13-5-7-14(8-6-13)18(19,20)21/h3-11H,1-2H3/b9-3+. The van der Waals surface area contributed by atoms with Crippen LogP contribution in [0.5, 0.6) is 11.5 Å². The molecule has 0 radical (unpaired) electrons. The van der Waals surface area contributed by atoms with Gasteiger partial charge in [-0.15, -0.1) is 0 Å². The van der Waals surface area contributed by atoms with Crippen LogP contribution in [0.15, 0.2) is 48.5 Å². The second kappa shape index (κ2) is 7.21. The highest BCUT2D eigenvalue weighted by Crippen LogP contribution is 2.29. The van der Waals surface area contributed by atoms with E-state index in [-0.39, 0.29) is 5.56 Å². The molecule has 0 aliphatic heterocycles. The Bertz CT molecular complexity index is 747. The van der Waals surface area contributed by atoms with Gasteiger partial charge in [0, 0.05) is 5.56 Å². The van der Waals surface area contributed by atoms with Crippen LogP contribution in [0.1, 0.15) is 21.5 Å². The van der Waals surface area contributed by atoms with Crippen molar-refractivity contribution < 1.29 is 27.4 Å². The highest BCUT2D eigenvalue weighted by molar-refractivity contribution is 6.06. The fourth-order valence-electron chi connectivity index (χ4n) is 2.05. The molecule has 0 bridgehead atoms. The topological polar surface area (TPSA) is 35.5 Å². The number of ketones is 1. The maximum atomic E-state index is 12.5. The predicted octanol–water partition coefficient (Wildman–Crippen LogP) is 4.62. The second-order valence-electron chi connectivity index (χ2n) is 4.89. The molecule has 126 valence electrons. The fraction of sp³-hybridized carbons (Fsp3) is 0.167. The summed E-state index contributed by atoms with van der Waals surface area (Å²) in [6.45, 7) is 0. The van der Waals surface area contributed by atoms with Gasteiger partial charge in [0.2, 0.25) is 0 Å². The van der Waals surface area contributed by atoms with Crippen molar-refractivity contribution >= 4 is 11.9 Å². The van der Waals surface area contributed by atoms with Gasteiger partial charge in [0.05, 0.1) is 19.8 Å². The number of allylic oxidation sites excluding steroid dienone is 1. The van der Waals surface area contributed by atoms with Gasteiger partial charge in [-0.1, -0.05) is 24.3 Å². The first-order valence-electron chi connectivity index (χ1n) is 6.97. The normalized spacial score (nSPS) is 11.5. The van der Waals surface area contributed by atoms with Gasteiger partial charge in [0.15, 0.2) is 17.3 Å². The van der Waals surface area contributed by atoms with Gasteiger partial charge < -0.3 is 9.47 Å². The van der Waals surface area contributed by atoms with E-state index in [4.69, 9.17) is 9.47 Å². The molecule has 0 spiro atoms. The van der Waals surface area contributed by atoms with Crippen LogP contribution in [-0.4, -0.2) is 20.0 Å². The molecule has 3 nitrogen and oxygen atoms in total. The first-order valence-corrected chi connectivity index (χ1v) is 6.97. The van der Waals surface area contributed by atoms with E-state index in [9.17, 15) is 18.0 Å². The molecule has 0 amide bonds. The van der Waals surface area contributed by atoms with E-state index in [0.29, 0.717) is 17.1 Å². The molecule has 2 aromatic carbocycles. The number of benzene rings is 2. The molecule has 0 saturated heterocycles. The van der Waals surface area contributed by atoms with Crippen molar-refractivity contribution in [3.8, 4) is 11.5 Å². The van der Waals surface area contributed by atoms with Crippen LogP contribution in [0, 0.1) is 0 Å². The highest BCUT2D eigenvalue weighted by atomic mass is 19.4. The summed E-state index contributed by atoms with van der Waals surface area (Å²) in [5.41, 5.74) is 0.0931. The lowest BCUT2D eigenvalue weighted by Crippen LogP contribution is -2.05. The quantitative estimate of drug-likeness (QED) is 0.590. The number of halogens is 3. The van der Waals surface area contributed by atoms with Crippen molar-refractivity contribution in [1.82, 2.24) is 0 Å². The van der Waals surface area contributed by atoms with E-state index in [1.165, 1.54) is 20.3 Å². The summed E-state index contributed by atoms with van der Waals surface area (Å²) in [5.74, 6) is 0.684. The smallest absolute Gasteiger partial charge is 0.416 e. The molecular weight excluding hydrogens is 321 g/mol. The molecule has 0 saturated carbocycles. The minimum atomic E-state index is -4.42. The summed E-state index contributed by atoms with van der Waals surface area (Å²) < 4.78 is 47.8. The van der Waals surface area contributed by atoms with Crippen LogP contribution in [0.4, 0.5) is 13.2 Å². The minimum absolute atomic E-state index is 0.180. The van der Waals surface area contributed by atoms with E-state index < -0.39 is 17.5 Å². The molecule has 0 fully saturated rings. The Hall–Kier alpha value is -2.76. The van der Waals surface area contributed by atoms with Gasteiger partial charge >= 0.3 is 6.18 Å². The zero-order chi connectivity index (χ0) is 17.7. The summed E-state index contributed by atoms with van der Waals surface area (Å²) in [6.07, 6.45) is -1.57. The van der Waals surface area contributed by atoms with Crippen LogP contribution < -0.4 is 9.47 Å². The molecule has 6 heteroatoms. The third-order valence-corrected chi connectivity index (χ3v) is 3.33. The summed E-state index contributed by atoms with van der Waals surface area (Å²) >= 11 is 0. The Morgan fingerprint density at radius 3 is 2.12 bits per heavy atom. The Morgan fingerprint density at radius 2 is 1.58 bits per heavy atom. The number of ether oxygens (including phenoxy) is 2. The number of hydrogen-bond acceptors (Lipinski definition) is 3. The minimum Gasteiger partial charge on any atom is -0.493 e. The zero-order valence-electron chi connectivity index (χ0n) is 13.1. The monoisotopic (exact) mass is 336 g/mol. The number of hydrogen-bond donors (Lipinski definition) is 0. The van der Waals surface area contributed by atoms with Crippen molar-refractivity contribution in [2.45, 2.75) is 6.18 Å². The molecule has 0 aliphatic rings. The molecule has 24 heavy (non-hydrogen) atoms. The Kier molecular flexibility index (Phi) is 5.28. The highest BCUT2D eigenvalue weighted by Gasteiger charge is 2.30. The third-order valence-electron chi connectivity index (χ3n) is 3.33. The third kappa shape index (κ3) is 4.16. The van der Waals surface area contributed by atoms with E-state index in [1.54, 1.807) is 24.3 Å². The lowest BCUT2D eigenvalue weighted by molar-refractivity contribution is -0.137. The average molecular weight is 336 g/mol. The average Bonchev–Trinajstić information content (AvgIpc) is 2.58. The van der Waals surface area contributed by atoms with E-state index in [0.717, 1.165) is 24.3 Å². The maximum Gasteiger partial charge on any atom is 0.416 e. The van der Waals surface area contributed by atoms with Crippen LogP contribution >= 0.6 is 0 Å². The van der Waals surface area contributed by atoms with Gasteiger partial charge in [-0.05, 0) is 35.9 Å². The maximum absolute atomic E-state index is 12.5. The molecule has 0 aliphatic carbocycles. The summed E-state index contributed by atoms with van der Waals surface area (Å²) in [5, 5.41) is 0. The zero-order valence-corrected chi connectivity index (χ0v) is 13.1. The van der Waals surface area contributed by atoms with Crippen molar-refractivity contribution in [1.29, 1.82) is 0 Å². The largest absolute Gasteiger partial charge is 0.493 e. The number of carbonyl (C=O) groups excluding carboxylic acids is 1. The van der Waals surface area contributed by atoms with Crippen LogP contribution in [0.2, 0.25) is 0 Å². The van der Waals surface area contributed by atoms with Crippen molar-refractivity contribution in [3.05, 3.63) is 65.2 Å². The lowest BCUT2D eigenvalue weighted by Gasteiger charge is -2.07. The first-order chi connectivity index (χ1) is 11.3. The Balaban J connectivity index is 2.15. The number of carbonyl (C=O) groups is 1. The molecule has 0 heterocycles. The first kappa shape index (κ1) is 17.6. The molecule has 0 atom stereocenters. The molecular formula is C18H15F3O3. The fourth-order valence-corrected chi connectivity index (χ4v) is 2.05. The van der Waals surface area contributed by atoms with Gasteiger partial charge in [0.25, 0.3) is 0 Å².